The van der Waals surface area contributed by atoms with E-state index in [0.29, 0.717) is 22.4 Å². The second-order valence-corrected chi connectivity index (χ2v) is 5.73. The van der Waals surface area contributed by atoms with Crippen LogP contribution in [-0.4, -0.2) is 30.4 Å². The number of rotatable bonds is 4. The molecule has 0 aliphatic carbocycles. The number of amides is 2. The van der Waals surface area contributed by atoms with Gasteiger partial charge in [-0.3, -0.25) is 14.5 Å². The van der Waals surface area contributed by atoms with E-state index < -0.39 is 5.79 Å². The maximum atomic E-state index is 12.6. The van der Waals surface area contributed by atoms with Crippen molar-refractivity contribution in [1.29, 1.82) is 0 Å². The zero-order valence-corrected chi connectivity index (χ0v) is 13.5. The minimum absolute atomic E-state index is 0.0569. The molecule has 25 heavy (non-hydrogen) atoms. The molecular formula is C19H15NO5. The summed E-state index contributed by atoms with van der Waals surface area (Å²) in [6.45, 7) is -0.0569. The van der Waals surface area contributed by atoms with Gasteiger partial charge < -0.3 is 14.2 Å². The highest BCUT2D eigenvalue weighted by Crippen LogP contribution is 2.36. The van der Waals surface area contributed by atoms with Crippen LogP contribution in [0.5, 0.6) is 5.75 Å². The molecule has 2 aromatic rings. The minimum Gasteiger partial charge on any atom is -0.497 e. The quantitative estimate of drug-likeness (QED) is 0.803. The summed E-state index contributed by atoms with van der Waals surface area (Å²) in [5.74, 6) is -1.29. The van der Waals surface area contributed by atoms with Gasteiger partial charge in [0.05, 0.1) is 18.2 Å². The van der Waals surface area contributed by atoms with Gasteiger partial charge in [0.25, 0.3) is 17.6 Å². The fourth-order valence-electron chi connectivity index (χ4n) is 3.04. The molecule has 0 aromatic heterocycles. The highest BCUT2D eigenvalue weighted by molar-refractivity contribution is 6.21. The van der Waals surface area contributed by atoms with Crippen molar-refractivity contribution in [2.75, 3.05) is 13.7 Å². The van der Waals surface area contributed by atoms with E-state index in [4.69, 9.17) is 14.2 Å². The van der Waals surface area contributed by atoms with Gasteiger partial charge in [0.15, 0.2) is 0 Å². The van der Waals surface area contributed by atoms with Crippen LogP contribution in [-0.2, 0) is 15.3 Å². The lowest BCUT2D eigenvalue weighted by Gasteiger charge is -2.31. The van der Waals surface area contributed by atoms with Crippen molar-refractivity contribution in [3.8, 4) is 5.75 Å². The standard InChI is InChI=1S/C19H15NO5/c1-23-14-8-6-13(7-9-14)19(24-10-11-25-19)12-20-17(21)15-4-2-3-5-16(15)18(20)22/h2-11H,12H2,1H3. The van der Waals surface area contributed by atoms with E-state index >= 15 is 0 Å². The van der Waals surface area contributed by atoms with E-state index in [0.717, 1.165) is 4.90 Å². The second-order valence-electron chi connectivity index (χ2n) is 5.73. The van der Waals surface area contributed by atoms with Gasteiger partial charge in [0, 0.05) is 5.56 Å². The molecule has 126 valence electrons. The fourth-order valence-corrected chi connectivity index (χ4v) is 3.04. The first-order valence-corrected chi connectivity index (χ1v) is 7.75. The Balaban J connectivity index is 1.67. The molecule has 0 atom stereocenters. The predicted octanol–water partition coefficient (Wildman–Crippen LogP) is 2.66. The maximum Gasteiger partial charge on any atom is 0.295 e. The normalized spacial score (nSPS) is 17.2. The number of ether oxygens (including phenoxy) is 3. The largest absolute Gasteiger partial charge is 0.497 e. The van der Waals surface area contributed by atoms with E-state index in [9.17, 15) is 9.59 Å². The number of hydrogen-bond donors (Lipinski definition) is 0. The summed E-state index contributed by atoms with van der Waals surface area (Å²) >= 11 is 0. The molecule has 0 radical (unpaired) electrons. The highest BCUT2D eigenvalue weighted by atomic mass is 16.7. The van der Waals surface area contributed by atoms with Crippen molar-refractivity contribution in [3.63, 3.8) is 0 Å². The number of hydrogen-bond acceptors (Lipinski definition) is 5. The number of imide groups is 1. The van der Waals surface area contributed by atoms with E-state index in [1.807, 2.05) is 0 Å². The maximum absolute atomic E-state index is 12.6. The minimum atomic E-state index is -1.26. The first kappa shape index (κ1) is 15.3. The van der Waals surface area contributed by atoms with Crippen LogP contribution in [0.15, 0.2) is 61.1 Å². The second kappa shape index (κ2) is 5.66. The van der Waals surface area contributed by atoms with E-state index in [1.54, 1.807) is 55.6 Å². The third kappa shape index (κ3) is 2.34. The van der Waals surface area contributed by atoms with Crippen LogP contribution < -0.4 is 4.74 Å². The van der Waals surface area contributed by atoms with Gasteiger partial charge in [-0.25, -0.2) is 0 Å². The Morgan fingerprint density at radius 1 is 0.920 bits per heavy atom. The fraction of sp³-hybridized carbons (Fsp3) is 0.158. The highest BCUT2D eigenvalue weighted by Gasteiger charge is 2.46. The van der Waals surface area contributed by atoms with Gasteiger partial charge >= 0.3 is 0 Å². The summed E-state index contributed by atoms with van der Waals surface area (Å²) in [6.07, 6.45) is 2.81. The molecule has 0 unspecified atom stereocenters. The molecule has 0 fully saturated rings. The molecule has 6 heteroatoms. The Morgan fingerprint density at radius 3 is 2.00 bits per heavy atom. The van der Waals surface area contributed by atoms with Crippen molar-refractivity contribution in [2.24, 2.45) is 0 Å². The van der Waals surface area contributed by atoms with Gasteiger partial charge in [-0.2, -0.15) is 0 Å². The summed E-state index contributed by atoms with van der Waals surface area (Å²) in [6, 6.07) is 13.9. The number of nitrogens with zero attached hydrogens (tertiary/aromatic N) is 1. The number of carbonyl (C=O) groups is 2. The Bertz CT molecular complexity index is 829. The molecule has 0 saturated heterocycles. The molecule has 0 bridgehead atoms. The van der Waals surface area contributed by atoms with Gasteiger partial charge in [0.2, 0.25) is 0 Å². The third-order valence-corrected chi connectivity index (χ3v) is 4.35. The molecule has 2 amide bonds. The van der Waals surface area contributed by atoms with Crippen LogP contribution in [0.3, 0.4) is 0 Å². The van der Waals surface area contributed by atoms with Crippen LogP contribution in [0.1, 0.15) is 26.3 Å². The van der Waals surface area contributed by atoms with Crippen molar-refractivity contribution >= 4 is 11.8 Å². The number of carbonyl (C=O) groups excluding carboxylic acids is 2. The first-order valence-electron chi connectivity index (χ1n) is 7.75. The van der Waals surface area contributed by atoms with Gasteiger partial charge in [-0.15, -0.1) is 0 Å². The summed E-state index contributed by atoms with van der Waals surface area (Å²) in [4.78, 5) is 26.4. The molecule has 2 aliphatic rings. The topological polar surface area (TPSA) is 65.1 Å². The lowest BCUT2D eigenvalue weighted by Crippen LogP contribution is -2.44. The zero-order valence-electron chi connectivity index (χ0n) is 13.5. The molecular weight excluding hydrogens is 322 g/mol. The average Bonchev–Trinajstić information content (AvgIpc) is 3.23. The molecule has 2 heterocycles. The van der Waals surface area contributed by atoms with Crippen LogP contribution in [0.4, 0.5) is 0 Å². The molecule has 0 N–H and O–H groups in total. The molecule has 0 spiro atoms. The van der Waals surface area contributed by atoms with Gasteiger partial charge in [-0.05, 0) is 36.4 Å². The monoisotopic (exact) mass is 337 g/mol. The summed E-state index contributed by atoms with van der Waals surface area (Å²) < 4.78 is 16.5. The Labute approximate surface area is 144 Å². The number of methoxy groups -OCH3 is 1. The Hall–Kier alpha value is -3.28. The Morgan fingerprint density at radius 2 is 1.48 bits per heavy atom. The van der Waals surface area contributed by atoms with Crippen LogP contribution >= 0.6 is 0 Å². The van der Waals surface area contributed by atoms with Gasteiger partial charge in [-0.1, -0.05) is 12.1 Å². The lowest BCUT2D eigenvalue weighted by molar-refractivity contribution is -0.155. The average molecular weight is 337 g/mol. The molecule has 2 aliphatic heterocycles. The first-order chi connectivity index (χ1) is 12.1. The van der Waals surface area contributed by atoms with Crippen LogP contribution in [0.25, 0.3) is 0 Å². The Kier molecular flexibility index (Phi) is 3.46. The SMILES string of the molecule is COc1ccc(C2(CN3C(=O)c4ccccc4C3=O)OC=CO2)cc1. The summed E-state index contributed by atoms with van der Waals surface area (Å²) in [5, 5.41) is 0. The smallest absolute Gasteiger partial charge is 0.295 e. The number of benzene rings is 2. The van der Waals surface area contributed by atoms with Gasteiger partial charge in [0.1, 0.15) is 24.8 Å². The van der Waals surface area contributed by atoms with Crippen LogP contribution in [0.2, 0.25) is 0 Å². The molecule has 4 rings (SSSR count). The van der Waals surface area contributed by atoms with E-state index in [-0.39, 0.29) is 18.4 Å². The summed E-state index contributed by atoms with van der Waals surface area (Å²) in [5.41, 5.74) is 1.46. The van der Waals surface area contributed by atoms with Crippen LogP contribution in [0, 0.1) is 0 Å². The van der Waals surface area contributed by atoms with Crippen molar-refractivity contribution in [1.82, 2.24) is 4.90 Å². The van der Waals surface area contributed by atoms with Crippen molar-refractivity contribution in [2.45, 2.75) is 5.79 Å². The van der Waals surface area contributed by atoms with E-state index in [1.165, 1.54) is 12.5 Å². The van der Waals surface area contributed by atoms with Crippen molar-refractivity contribution in [3.05, 3.63) is 77.7 Å². The lowest BCUT2D eigenvalue weighted by atomic mass is 10.0. The third-order valence-electron chi connectivity index (χ3n) is 4.35. The summed E-state index contributed by atoms with van der Waals surface area (Å²) in [7, 11) is 1.58. The predicted molar refractivity (Wildman–Crippen MR) is 87.8 cm³/mol. The molecule has 2 aromatic carbocycles. The zero-order chi connectivity index (χ0) is 17.4. The van der Waals surface area contributed by atoms with E-state index in [2.05, 4.69) is 0 Å². The number of fused-ring (bicyclic) bond motifs is 1. The van der Waals surface area contributed by atoms with Crippen molar-refractivity contribution < 1.29 is 23.8 Å². The molecule has 0 saturated carbocycles. The molecule has 6 nitrogen and oxygen atoms in total.